The summed E-state index contributed by atoms with van der Waals surface area (Å²) in [5.41, 5.74) is -0.788. The third-order valence-corrected chi connectivity index (χ3v) is 12.9. The highest BCUT2D eigenvalue weighted by Crippen LogP contribution is 2.42. The minimum absolute atomic E-state index is 0.00709. The first-order chi connectivity index (χ1) is 25.3. The lowest BCUT2D eigenvalue weighted by molar-refractivity contribution is -0.281. The van der Waals surface area contributed by atoms with Crippen LogP contribution in [0.1, 0.15) is 186 Å². The van der Waals surface area contributed by atoms with E-state index in [0.717, 1.165) is 70.8 Å². The van der Waals surface area contributed by atoms with Gasteiger partial charge in [-0.25, -0.2) is 0 Å². The van der Waals surface area contributed by atoms with Crippen LogP contribution < -0.4 is 0 Å². The molecule has 2 unspecified atom stereocenters. The number of ether oxygens (including phenoxy) is 3. The van der Waals surface area contributed by atoms with E-state index in [9.17, 15) is 15.0 Å². The van der Waals surface area contributed by atoms with E-state index in [4.69, 9.17) is 19.0 Å². The summed E-state index contributed by atoms with van der Waals surface area (Å²) in [6.45, 7) is 30.9. The van der Waals surface area contributed by atoms with Gasteiger partial charge in [0, 0.05) is 72.2 Å². The molecule has 0 saturated carbocycles. The summed E-state index contributed by atoms with van der Waals surface area (Å²) in [4.78, 5) is 23.5. The third-order valence-electron chi connectivity index (χ3n) is 12.9. The molecule has 3 fully saturated rings. The zero-order chi connectivity index (χ0) is 41.5. The lowest BCUT2D eigenvalue weighted by Crippen LogP contribution is -2.64. The number of hydroxylamine groups is 2. The van der Waals surface area contributed by atoms with E-state index in [1.54, 1.807) is 7.11 Å². The quantitative estimate of drug-likeness (QED) is 0.0872. The molecule has 324 valence electrons. The van der Waals surface area contributed by atoms with Crippen LogP contribution in [0.2, 0.25) is 0 Å². The first-order valence-corrected chi connectivity index (χ1v) is 22.0. The topological polar surface area (TPSA) is 104 Å². The second-order valence-electron chi connectivity index (χ2n) is 21.4. The first-order valence-electron chi connectivity index (χ1n) is 22.0. The summed E-state index contributed by atoms with van der Waals surface area (Å²) in [5.74, 6) is -0.0794. The van der Waals surface area contributed by atoms with Crippen molar-refractivity contribution in [2.24, 2.45) is 0 Å². The number of hydrogen-bond acceptors (Lipinski definition) is 10. The van der Waals surface area contributed by atoms with Gasteiger partial charge in [-0.3, -0.25) is 14.6 Å². The number of rotatable bonds is 21. The number of esters is 1. The minimum Gasteiger partial charge on any atom is -0.462 e. The second-order valence-corrected chi connectivity index (χ2v) is 21.4. The SMILES string of the molecule is CON1C(C)(C)CC(OCC(O)CN2C(C)(C)CC(OC(=O)CCCCCCCCCCOC3CC(C)(C)N(CC(C)O)C(C)(C)C3)CC2(C)C)CC1(C)C. The monoisotopic (exact) mass is 782 g/mol. The molecule has 2 atom stereocenters. The fraction of sp³-hybridized carbons (Fsp3) is 0.978. The van der Waals surface area contributed by atoms with Crippen LogP contribution >= 0.6 is 0 Å². The Hall–Kier alpha value is -0.850. The summed E-state index contributed by atoms with van der Waals surface area (Å²) in [6, 6.07) is 0. The van der Waals surface area contributed by atoms with Gasteiger partial charge in [0.1, 0.15) is 6.10 Å². The van der Waals surface area contributed by atoms with Crippen molar-refractivity contribution in [3.63, 3.8) is 0 Å². The van der Waals surface area contributed by atoms with Crippen molar-refractivity contribution in [3.05, 3.63) is 0 Å². The van der Waals surface area contributed by atoms with Gasteiger partial charge in [0.05, 0.1) is 38.1 Å². The van der Waals surface area contributed by atoms with Crippen LogP contribution in [0.5, 0.6) is 0 Å². The van der Waals surface area contributed by atoms with Crippen LogP contribution in [0, 0.1) is 0 Å². The Morgan fingerprint density at radius 3 is 1.45 bits per heavy atom. The number of piperidine rings is 3. The molecule has 0 aromatic rings. The Morgan fingerprint density at radius 1 is 0.582 bits per heavy atom. The number of carbonyl (C=O) groups is 1. The maximum absolute atomic E-state index is 12.9. The van der Waals surface area contributed by atoms with E-state index in [2.05, 4.69) is 97.9 Å². The molecule has 3 aliphatic rings. The molecule has 3 aliphatic heterocycles. The van der Waals surface area contributed by atoms with Gasteiger partial charge in [-0.05, 0) is 129 Å². The molecule has 3 rings (SSSR count). The van der Waals surface area contributed by atoms with Gasteiger partial charge < -0.3 is 29.3 Å². The van der Waals surface area contributed by atoms with Crippen LogP contribution in [-0.4, -0.2) is 128 Å². The van der Waals surface area contributed by atoms with Gasteiger partial charge in [-0.15, -0.1) is 0 Å². The van der Waals surface area contributed by atoms with Gasteiger partial charge >= 0.3 is 5.97 Å². The molecule has 0 aromatic carbocycles. The molecule has 10 nitrogen and oxygen atoms in total. The number of likely N-dealkylation sites (tertiary alicyclic amines) is 2. The van der Waals surface area contributed by atoms with Crippen molar-refractivity contribution in [1.29, 1.82) is 0 Å². The van der Waals surface area contributed by atoms with Crippen molar-refractivity contribution in [2.45, 2.75) is 250 Å². The fourth-order valence-corrected chi connectivity index (χ4v) is 11.1. The Bertz CT molecular complexity index is 1120. The number of hydrogen-bond donors (Lipinski definition) is 2. The van der Waals surface area contributed by atoms with Crippen molar-refractivity contribution in [1.82, 2.24) is 14.9 Å². The summed E-state index contributed by atoms with van der Waals surface area (Å²) in [7, 11) is 1.74. The molecular weight excluding hydrogens is 695 g/mol. The highest BCUT2D eigenvalue weighted by Gasteiger charge is 2.49. The van der Waals surface area contributed by atoms with Crippen LogP contribution in [0.15, 0.2) is 0 Å². The largest absolute Gasteiger partial charge is 0.462 e. The van der Waals surface area contributed by atoms with Crippen LogP contribution in [0.4, 0.5) is 0 Å². The van der Waals surface area contributed by atoms with E-state index < -0.39 is 6.10 Å². The van der Waals surface area contributed by atoms with Crippen LogP contribution in [-0.2, 0) is 23.8 Å². The molecule has 0 aliphatic carbocycles. The third kappa shape index (κ3) is 14.4. The Balaban J connectivity index is 1.27. The predicted octanol–water partition coefficient (Wildman–Crippen LogP) is 8.44. The zero-order valence-electron chi connectivity index (χ0n) is 38.1. The summed E-state index contributed by atoms with van der Waals surface area (Å²) in [6.07, 6.45) is 14.0. The maximum atomic E-state index is 12.9. The summed E-state index contributed by atoms with van der Waals surface area (Å²) >= 11 is 0. The minimum atomic E-state index is -0.611. The van der Waals surface area contributed by atoms with E-state index in [0.29, 0.717) is 26.1 Å². The van der Waals surface area contributed by atoms with E-state index in [1.807, 2.05) is 6.92 Å². The highest BCUT2D eigenvalue weighted by molar-refractivity contribution is 5.69. The normalized spacial score (nSPS) is 25.8. The van der Waals surface area contributed by atoms with Crippen molar-refractivity contribution in [2.75, 3.05) is 33.4 Å². The highest BCUT2D eigenvalue weighted by atomic mass is 16.7. The van der Waals surface area contributed by atoms with Crippen molar-refractivity contribution >= 4 is 5.97 Å². The lowest BCUT2D eigenvalue weighted by atomic mass is 9.77. The second kappa shape index (κ2) is 19.9. The Kier molecular flexibility index (Phi) is 17.6. The Morgan fingerprint density at radius 2 is 0.982 bits per heavy atom. The zero-order valence-corrected chi connectivity index (χ0v) is 38.1. The lowest BCUT2D eigenvalue weighted by Gasteiger charge is -2.55. The molecule has 10 heteroatoms. The number of unbranched alkanes of at least 4 members (excludes halogenated alkanes) is 7. The van der Waals surface area contributed by atoms with Crippen LogP contribution in [0.3, 0.4) is 0 Å². The summed E-state index contributed by atoms with van der Waals surface area (Å²) < 4.78 is 18.8. The van der Waals surface area contributed by atoms with E-state index >= 15 is 0 Å². The van der Waals surface area contributed by atoms with Crippen molar-refractivity contribution < 1.29 is 34.1 Å². The molecule has 3 heterocycles. The van der Waals surface area contributed by atoms with Gasteiger partial charge in [-0.2, -0.15) is 5.06 Å². The number of carbonyl (C=O) groups excluding carboxylic acids is 1. The number of β-amino-alcohol motifs (C(OH)–C–C–N with tert-alkyl or cyclic N) is 2. The fourth-order valence-electron chi connectivity index (χ4n) is 11.1. The maximum Gasteiger partial charge on any atom is 0.306 e. The van der Waals surface area contributed by atoms with Crippen molar-refractivity contribution in [3.8, 4) is 0 Å². The molecule has 0 bridgehead atoms. The number of nitrogens with zero attached hydrogens (tertiary/aromatic N) is 3. The number of aliphatic hydroxyl groups is 2. The molecule has 3 saturated heterocycles. The molecule has 0 aromatic heterocycles. The molecule has 0 amide bonds. The molecular formula is C45H87N3O7. The molecule has 0 spiro atoms. The Labute approximate surface area is 337 Å². The van der Waals surface area contributed by atoms with Gasteiger partial charge in [0.25, 0.3) is 0 Å². The average molecular weight is 782 g/mol. The van der Waals surface area contributed by atoms with E-state index in [-0.39, 0.29) is 63.6 Å². The first kappa shape index (κ1) is 48.5. The summed E-state index contributed by atoms with van der Waals surface area (Å²) in [5, 5.41) is 23.3. The smallest absolute Gasteiger partial charge is 0.306 e. The average Bonchev–Trinajstić information content (AvgIpc) is 3.00. The number of aliphatic hydroxyl groups excluding tert-OH is 2. The van der Waals surface area contributed by atoms with E-state index in [1.165, 1.54) is 25.7 Å². The molecule has 0 radical (unpaired) electrons. The molecule has 55 heavy (non-hydrogen) atoms. The predicted molar refractivity (Wildman–Crippen MR) is 223 cm³/mol. The van der Waals surface area contributed by atoms with Gasteiger partial charge in [-0.1, -0.05) is 38.5 Å². The standard InChI is InChI=1S/C45H87N3O7/c1-34(49)31-46-40(2,3)25-36(26-41(46,4)5)53-24-22-20-18-16-15-17-19-21-23-39(51)55-38-29-42(6,7)47(43(8,9)30-38)32-35(50)33-54-37-27-44(10,11)48(52-14)45(12,13)28-37/h34-38,49-50H,15-33H2,1-14H3. The van der Waals surface area contributed by atoms with Crippen LogP contribution in [0.25, 0.3) is 0 Å². The van der Waals surface area contributed by atoms with Gasteiger partial charge in [0.2, 0.25) is 0 Å². The molecule has 2 N–H and O–H groups in total. The van der Waals surface area contributed by atoms with Gasteiger partial charge in [0.15, 0.2) is 0 Å².